The van der Waals surface area contributed by atoms with Crippen LogP contribution in [-0.4, -0.2) is 25.8 Å². The van der Waals surface area contributed by atoms with Gasteiger partial charge in [-0.3, -0.25) is 4.98 Å². The number of pyridine rings is 1. The fourth-order valence-electron chi connectivity index (χ4n) is 1.72. The largest absolute Gasteiger partial charge is 0.491 e. The third-order valence-corrected chi connectivity index (χ3v) is 4.90. The third kappa shape index (κ3) is 4.52. The number of nitrogens with two attached hydrogens (primary N) is 1. The molecule has 0 bridgehead atoms. The van der Waals surface area contributed by atoms with Crippen LogP contribution >= 0.6 is 15.9 Å². The van der Waals surface area contributed by atoms with E-state index in [-0.39, 0.29) is 17.3 Å². The second-order valence-corrected chi connectivity index (χ2v) is 7.38. The Labute approximate surface area is 132 Å². The summed E-state index contributed by atoms with van der Waals surface area (Å²) in [5, 5.41) is 0. The maximum absolute atomic E-state index is 12.2. The van der Waals surface area contributed by atoms with Crippen molar-refractivity contribution in [3.63, 3.8) is 0 Å². The van der Waals surface area contributed by atoms with Crippen LogP contribution in [0.25, 0.3) is 0 Å². The first-order valence-corrected chi connectivity index (χ1v) is 8.71. The SMILES string of the molecule is NCc1cccc(S(=O)(=O)CCOc2cncc(Br)c2)c1. The molecule has 21 heavy (non-hydrogen) atoms. The molecule has 5 nitrogen and oxygen atoms in total. The predicted molar refractivity (Wildman–Crippen MR) is 83.8 cm³/mol. The van der Waals surface area contributed by atoms with Crippen LogP contribution in [0.4, 0.5) is 0 Å². The minimum absolute atomic E-state index is 0.0628. The number of sulfone groups is 1. The molecule has 0 fully saturated rings. The molecule has 1 aromatic heterocycles. The number of nitrogens with zero attached hydrogens (tertiary/aromatic N) is 1. The lowest BCUT2D eigenvalue weighted by atomic mass is 10.2. The van der Waals surface area contributed by atoms with Gasteiger partial charge in [0.2, 0.25) is 0 Å². The molecule has 0 aliphatic rings. The summed E-state index contributed by atoms with van der Waals surface area (Å²) in [5.41, 5.74) is 6.31. The zero-order valence-electron chi connectivity index (χ0n) is 11.2. The van der Waals surface area contributed by atoms with Crippen LogP contribution in [0.15, 0.2) is 52.1 Å². The molecule has 7 heteroatoms. The minimum Gasteiger partial charge on any atom is -0.491 e. The number of hydrogen-bond acceptors (Lipinski definition) is 5. The highest BCUT2D eigenvalue weighted by molar-refractivity contribution is 9.10. The van der Waals surface area contributed by atoms with E-state index in [2.05, 4.69) is 20.9 Å². The van der Waals surface area contributed by atoms with Gasteiger partial charge in [-0.1, -0.05) is 12.1 Å². The maximum Gasteiger partial charge on any atom is 0.181 e. The van der Waals surface area contributed by atoms with E-state index in [0.29, 0.717) is 12.3 Å². The zero-order chi connectivity index (χ0) is 15.3. The van der Waals surface area contributed by atoms with Gasteiger partial charge in [0.15, 0.2) is 9.84 Å². The van der Waals surface area contributed by atoms with Gasteiger partial charge >= 0.3 is 0 Å². The molecule has 2 aromatic rings. The maximum atomic E-state index is 12.2. The summed E-state index contributed by atoms with van der Waals surface area (Å²) in [5.74, 6) is 0.420. The molecule has 2 N–H and O–H groups in total. The van der Waals surface area contributed by atoms with Crippen molar-refractivity contribution < 1.29 is 13.2 Å². The van der Waals surface area contributed by atoms with Gasteiger partial charge < -0.3 is 10.5 Å². The summed E-state index contributed by atoms with van der Waals surface area (Å²) in [6.45, 7) is 0.372. The van der Waals surface area contributed by atoms with Gasteiger partial charge in [0.05, 0.1) is 16.8 Å². The number of aromatic nitrogens is 1. The normalized spacial score (nSPS) is 11.3. The van der Waals surface area contributed by atoms with Gasteiger partial charge in [-0.05, 0) is 39.7 Å². The van der Waals surface area contributed by atoms with Gasteiger partial charge in [-0.15, -0.1) is 0 Å². The van der Waals surface area contributed by atoms with Crippen LogP contribution in [0.1, 0.15) is 5.56 Å². The highest BCUT2D eigenvalue weighted by Gasteiger charge is 2.15. The lowest BCUT2D eigenvalue weighted by Crippen LogP contribution is -2.14. The average Bonchev–Trinajstić information content (AvgIpc) is 2.47. The Morgan fingerprint density at radius 1 is 1.24 bits per heavy atom. The van der Waals surface area contributed by atoms with Crippen molar-refractivity contribution >= 4 is 25.8 Å². The Morgan fingerprint density at radius 2 is 2.05 bits per heavy atom. The molecule has 1 aromatic carbocycles. The van der Waals surface area contributed by atoms with Crippen LogP contribution in [0.5, 0.6) is 5.75 Å². The smallest absolute Gasteiger partial charge is 0.181 e. The Hall–Kier alpha value is -1.44. The fraction of sp³-hybridized carbons (Fsp3) is 0.214. The lowest BCUT2D eigenvalue weighted by Gasteiger charge is -2.08. The van der Waals surface area contributed by atoms with Crippen LogP contribution in [0, 0.1) is 0 Å². The molecule has 2 rings (SSSR count). The van der Waals surface area contributed by atoms with Crippen molar-refractivity contribution in [2.45, 2.75) is 11.4 Å². The molecule has 0 aliphatic carbocycles. The number of hydrogen-bond donors (Lipinski definition) is 1. The van der Waals surface area contributed by atoms with Gasteiger partial charge in [-0.25, -0.2) is 8.42 Å². The molecular weight excluding hydrogens is 356 g/mol. The molecule has 0 saturated heterocycles. The average molecular weight is 371 g/mol. The Balaban J connectivity index is 2.01. The van der Waals surface area contributed by atoms with E-state index in [1.54, 1.807) is 36.5 Å². The quantitative estimate of drug-likeness (QED) is 0.842. The molecule has 0 unspecified atom stereocenters. The summed E-state index contributed by atoms with van der Waals surface area (Å²) >= 11 is 3.27. The van der Waals surface area contributed by atoms with Gasteiger partial charge in [-0.2, -0.15) is 0 Å². The molecule has 112 valence electrons. The summed E-state index contributed by atoms with van der Waals surface area (Å²) in [6, 6.07) is 8.37. The van der Waals surface area contributed by atoms with E-state index in [9.17, 15) is 8.42 Å². The Morgan fingerprint density at radius 3 is 2.76 bits per heavy atom. The first-order valence-electron chi connectivity index (χ1n) is 6.26. The molecule has 1 heterocycles. The van der Waals surface area contributed by atoms with Gasteiger partial charge in [0, 0.05) is 17.2 Å². The summed E-state index contributed by atoms with van der Waals surface area (Å²) in [6.07, 6.45) is 3.16. The van der Waals surface area contributed by atoms with E-state index in [0.717, 1.165) is 10.0 Å². The van der Waals surface area contributed by atoms with E-state index >= 15 is 0 Å². The van der Waals surface area contributed by atoms with E-state index in [1.165, 1.54) is 6.20 Å². The molecule has 0 aliphatic heterocycles. The van der Waals surface area contributed by atoms with Crippen molar-refractivity contribution in [3.05, 3.63) is 52.8 Å². The number of halogens is 1. The van der Waals surface area contributed by atoms with Gasteiger partial charge in [0.1, 0.15) is 12.4 Å². The second-order valence-electron chi connectivity index (χ2n) is 4.36. The molecule has 0 amide bonds. The molecular formula is C14H15BrN2O3S. The first kappa shape index (κ1) is 15.9. The molecule has 0 atom stereocenters. The first-order chi connectivity index (χ1) is 10.0. The van der Waals surface area contributed by atoms with Crippen LogP contribution in [0.3, 0.4) is 0 Å². The van der Waals surface area contributed by atoms with E-state index in [1.807, 2.05) is 0 Å². The summed E-state index contributed by atoms with van der Waals surface area (Å²) in [7, 11) is -3.39. The van der Waals surface area contributed by atoms with Crippen molar-refractivity contribution in [1.82, 2.24) is 4.98 Å². The number of ether oxygens (including phenoxy) is 1. The third-order valence-electron chi connectivity index (χ3n) is 2.79. The number of benzene rings is 1. The van der Waals surface area contributed by atoms with Gasteiger partial charge in [0.25, 0.3) is 0 Å². The Bertz CT molecular complexity index is 720. The van der Waals surface area contributed by atoms with E-state index < -0.39 is 9.84 Å². The Kier molecular flexibility index (Phi) is 5.33. The summed E-state index contributed by atoms with van der Waals surface area (Å²) < 4.78 is 30.6. The predicted octanol–water partition coefficient (Wildman–Crippen LogP) is 2.16. The topological polar surface area (TPSA) is 82.3 Å². The van der Waals surface area contributed by atoms with Crippen LogP contribution in [-0.2, 0) is 16.4 Å². The second kappa shape index (κ2) is 7.02. The van der Waals surface area contributed by atoms with Crippen molar-refractivity contribution in [2.75, 3.05) is 12.4 Å². The van der Waals surface area contributed by atoms with Crippen molar-refractivity contribution in [1.29, 1.82) is 0 Å². The molecule has 0 saturated carbocycles. The minimum atomic E-state index is -3.39. The highest BCUT2D eigenvalue weighted by atomic mass is 79.9. The standard InChI is InChI=1S/C14H15BrN2O3S/c15-12-7-13(10-17-9-12)20-4-5-21(18,19)14-3-1-2-11(6-14)8-16/h1-3,6-7,9-10H,4-5,8,16H2. The summed E-state index contributed by atoms with van der Waals surface area (Å²) in [4.78, 5) is 4.21. The van der Waals surface area contributed by atoms with Crippen LogP contribution < -0.4 is 10.5 Å². The van der Waals surface area contributed by atoms with Crippen molar-refractivity contribution in [3.8, 4) is 5.75 Å². The zero-order valence-corrected chi connectivity index (χ0v) is 13.6. The lowest BCUT2D eigenvalue weighted by molar-refractivity contribution is 0.339. The van der Waals surface area contributed by atoms with Crippen LogP contribution in [0.2, 0.25) is 0 Å². The monoisotopic (exact) mass is 370 g/mol. The highest BCUT2D eigenvalue weighted by Crippen LogP contribution is 2.17. The number of rotatable bonds is 6. The fourth-order valence-corrected chi connectivity index (χ4v) is 3.22. The molecule has 0 spiro atoms. The van der Waals surface area contributed by atoms with Crippen molar-refractivity contribution in [2.24, 2.45) is 5.73 Å². The van der Waals surface area contributed by atoms with E-state index in [4.69, 9.17) is 10.5 Å². The molecule has 0 radical (unpaired) electrons.